The van der Waals surface area contributed by atoms with Gasteiger partial charge in [0.05, 0.1) is 0 Å². The van der Waals surface area contributed by atoms with Gasteiger partial charge < -0.3 is 10.1 Å². The van der Waals surface area contributed by atoms with E-state index >= 15 is 0 Å². The van der Waals surface area contributed by atoms with E-state index in [-0.39, 0.29) is 12.4 Å². The van der Waals surface area contributed by atoms with Gasteiger partial charge in [0.25, 0.3) is 0 Å². The van der Waals surface area contributed by atoms with Crippen LogP contribution in [0.3, 0.4) is 0 Å². The lowest BCUT2D eigenvalue weighted by atomic mass is 10.0. The number of ether oxygens (including phenoxy) is 1. The number of rotatable bonds is 7. The summed E-state index contributed by atoms with van der Waals surface area (Å²) in [4.78, 5) is 4.07. The Morgan fingerprint density at radius 3 is 2.47 bits per heavy atom. The molecule has 1 heterocycles. The van der Waals surface area contributed by atoms with Crippen LogP contribution < -0.4 is 10.1 Å². The summed E-state index contributed by atoms with van der Waals surface area (Å²) in [6.45, 7) is 1.83. The molecule has 0 saturated heterocycles. The highest BCUT2D eigenvalue weighted by atomic mass is 35.5. The van der Waals surface area contributed by atoms with E-state index in [1.54, 1.807) is 18.5 Å². The molecule has 3 nitrogen and oxygen atoms in total. The predicted octanol–water partition coefficient (Wildman–Crippen LogP) is 6.83. The number of aromatic nitrogens is 1. The summed E-state index contributed by atoms with van der Waals surface area (Å²) >= 11 is 12.3. The Balaban J connectivity index is 0.00000256. The van der Waals surface area contributed by atoms with Crippen LogP contribution in [0.1, 0.15) is 16.7 Å². The molecule has 4 rings (SSSR count). The number of halogens is 3. The molecule has 0 spiro atoms. The van der Waals surface area contributed by atoms with Gasteiger partial charge in [-0.3, -0.25) is 4.98 Å². The lowest BCUT2D eigenvalue weighted by Gasteiger charge is -2.16. The normalized spacial score (nSPS) is 10.6. The standard InChI is InChI=1S/C24H20Cl2N2O.ClH/c25-20-7-5-19(23(26)13-20)16-29-24-8-6-18-3-1-2-4-21(18)22(24)15-28-14-17-9-11-27-12-10-17;/h1-13,28H,14-16H2;1H. The second-order valence-corrected chi connectivity index (χ2v) is 7.59. The number of hydrogen-bond acceptors (Lipinski definition) is 3. The Kier molecular flexibility index (Phi) is 7.94. The second kappa shape index (κ2) is 10.6. The van der Waals surface area contributed by atoms with Gasteiger partial charge in [0.2, 0.25) is 0 Å². The fourth-order valence-electron chi connectivity index (χ4n) is 3.26. The minimum atomic E-state index is 0. The van der Waals surface area contributed by atoms with Crippen molar-refractivity contribution in [2.24, 2.45) is 0 Å². The summed E-state index contributed by atoms with van der Waals surface area (Å²) in [6.07, 6.45) is 3.61. The molecule has 1 aromatic heterocycles. The molecule has 0 fully saturated rings. The van der Waals surface area contributed by atoms with Gasteiger partial charge in [-0.25, -0.2) is 0 Å². The van der Waals surface area contributed by atoms with Crippen LogP contribution in [0.4, 0.5) is 0 Å². The first-order valence-electron chi connectivity index (χ1n) is 9.38. The van der Waals surface area contributed by atoms with Gasteiger partial charge >= 0.3 is 0 Å². The summed E-state index contributed by atoms with van der Waals surface area (Å²) in [6, 6.07) is 21.9. The van der Waals surface area contributed by atoms with Gasteiger partial charge in [-0.15, -0.1) is 12.4 Å². The fourth-order valence-corrected chi connectivity index (χ4v) is 3.72. The zero-order chi connectivity index (χ0) is 20.1. The van der Waals surface area contributed by atoms with Gasteiger partial charge in [0, 0.05) is 46.7 Å². The molecule has 30 heavy (non-hydrogen) atoms. The van der Waals surface area contributed by atoms with Crippen molar-refractivity contribution in [2.75, 3.05) is 0 Å². The van der Waals surface area contributed by atoms with E-state index < -0.39 is 0 Å². The number of pyridine rings is 1. The zero-order valence-corrected chi connectivity index (χ0v) is 18.5. The van der Waals surface area contributed by atoms with Crippen LogP contribution in [-0.2, 0) is 19.7 Å². The highest BCUT2D eigenvalue weighted by Gasteiger charge is 2.10. The van der Waals surface area contributed by atoms with E-state index in [4.69, 9.17) is 27.9 Å². The minimum Gasteiger partial charge on any atom is -0.488 e. The smallest absolute Gasteiger partial charge is 0.124 e. The molecule has 0 aliphatic heterocycles. The SMILES string of the molecule is Cl.Clc1ccc(COc2ccc3ccccc3c2CNCc2ccncc2)c(Cl)c1. The first kappa shape index (κ1) is 22.4. The average Bonchev–Trinajstić information content (AvgIpc) is 2.74. The van der Waals surface area contributed by atoms with Gasteiger partial charge in [0.1, 0.15) is 12.4 Å². The Hall–Kier alpha value is -2.30. The molecule has 0 radical (unpaired) electrons. The summed E-state index contributed by atoms with van der Waals surface area (Å²) in [7, 11) is 0. The van der Waals surface area contributed by atoms with Crippen LogP contribution in [0.5, 0.6) is 5.75 Å². The number of fused-ring (bicyclic) bond motifs is 1. The molecule has 154 valence electrons. The van der Waals surface area contributed by atoms with Crippen LogP contribution >= 0.6 is 35.6 Å². The van der Waals surface area contributed by atoms with Gasteiger partial charge in [-0.1, -0.05) is 59.6 Å². The number of hydrogen-bond donors (Lipinski definition) is 1. The van der Waals surface area contributed by atoms with Crippen LogP contribution in [0.15, 0.2) is 79.1 Å². The Morgan fingerprint density at radius 2 is 1.67 bits per heavy atom. The third kappa shape index (κ3) is 5.44. The first-order valence-corrected chi connectivity index (χ1v) is 10.1. The zero-order valence-electron chi connectivity index (χ0n) is 16.1. The fraction of sp³-hybridized carbons (Fsp3) is 0.125. The Morgan fingerprint density at radius 1 is 0.867 bits per heavy atom. The summed E-state index contributed by atoms with van der Waals surface area (Å²) in [5, 5.41) is 7.10. The maximum atomic E-state index is 6.30. The molecule has 6 heteroatoms. The highest BCUT2D eigenvalue weighted by molar-refractivity contribution is 6.35. The lowest BCUT2D eigenvalue weighted by Crippen LogP contribution is -2.14. The minimum absolute atomic E-state index is 0. The van der Waals surface area contributed by atoms with Crippen LogP contribution in [0, 0.1) is 0 Å². The van der Waals surface area contributed by atoms with E-state index in [1.807, 2.05) is 36.4 Å². The van der Waals surface area contributed by atoms with E-state index in [0.717, 1.165) is 23.4 Å². The molecule has 3 aromatic carbocycles. The van der Waals surface area contributed by atoms with Crippen LogP contribution in [-0.4, -0.2) is 4.98 Å². The summed E-state index contributed by atoms with van der Waals surface area (Å²) < 4.78 is 6.18. The second-order valence-electron chi connectivity index (χ2n) is 6.75. The predicted molar refractivity (Wildman–Crippen MR) is 127 cm³/mol. The van der Waals surface area contributed by atoms with Crippen molar-refractivity contribution in [2.45, 2.75) is 19.7 Å². The molecule has 4 aromatic rings. The summed E-state index contributed by atoms with van der Waals surface area (Å²) in [5.41, 5.74) is 3.22. The largest absolute Gasteiger partial charge is 0.488 e. The molecule has 0 atom stereocenters. The molecule has 0 unspecified atom stereocenters. The van der Waals surface area contributed by atoms with Gasteiger partial charge in [0.15, 0.2) is 0 Å². The van der Waals surface area contributed by atoms with E-state index in [9.17, 15) is 0 Å². The molecule has 0 bridgehead atoms. The van der Waals surface area contributed by atoms with Crippen molar-refractivity contribution in [3.63, 3.8) is 0 Å². The first-order chi connectivity index (χ1) is 14.2. The lowest BCUT2D eigenvalue weighted by molar-refractivity contribution is 0.303. The highest BCUT2D eigenvalue weighted by Crippen LogP contribution is 2.30. The molecule has 0 aliphatic carbocycles. The summed E-state index contributed by atoms with van der Waals surface area (Å²) in [5.74, 6) is 0.844. The molecule has 0 aliphatic rings. The molecule has 0 saturated carbocycles. The number of nitrogens with one attached hydrogen (secondary N) is 1. The van der Waals surface area contributed by atoms with E-state index in [2.05, 4.69) is 34.6 Å². The van der Waals surface area contributed by atoms with Crippen molar-refractivity contribution in [3.05, 3.63) is 106 Å². The quantitative estimate of drug-likeness (QED) is 0.329. The van der Waals surface area contributed by atoms with Crippen molar-refractivity contribution < 1.29 is 4.74 Å². The topological polar surface area (TPSA) is 34.1 Å². The monoisotopic (exact) mass is 458 g/mol. The third-order valence-corrected chi connectivity index (χ3v) is 5.36. The maximum Gasteiger partial charge on any atom is 0.124 e. The molecule has 0 amide bonds. The Bertz CT molecular complexity index is 1120. The maximum absolute atomic E-state index is 6.30. The van der Waals surface area contributed by atoms with Crippen LogP contribution in [0.25, 0.3) is 10.8 Å². The van der Waals surface area contributed by atoms with Crippen molar-refractivity contribution >= 4 is 46.4 Å². The van der Waals surface area contributed by atoms with Crippen molar-refractivity contribution in [1.82, 2.24) is 10.3 Å². The molecular weight excluding hydrogens is 439 g/mol. The molecular formula is C24H21Cl3N2O. The van der Waals surface area contributed by atoms with Crippen molar-refractivity contribution in [1.29, 1.82) is 0 Å². The number of benzene rings is 3. The average molecular weight is 460 g/mol. The van der Waals surface area contributed by atoms with Gasteiger partial charge in [-0.2, -0.15) is 0 Å². The van der Waals surface area contributed by atoms with Crippen molar-refractivity contribution in [3.8, 4) is 5.75 Å². The van der Waals surface area contributed by atoms with E-state index in [0.29, 0.717) is 23.2 Å². The Labute approximate surface area is 192 Å². The molecule has 1 N–H and O–H groups in total. The van der Waals surface area contributed by atoms with E-state index in [1.165, 1.54) is 16.3 Å². The number of nitrogens with zero attached hydrogens (tertiary/aromatic N) is 1. The third-order valence-electron chi connectivity index (χ3n) is 4.78. The van der Waals surface area contributed by atoms with Gasteiger partial charge in [-0.05, 0) is 46.7 Å². The van der Waals surface area contributed by atoms with Crippen LogP contribution in [0.2, 0.25) is 10.0 Å².